The molecule has 2 aromatic rings. The van der Waals surface area contributed by atoms with Gasteiger partial charge in [0, 0.05) is 23.5 Å². The maximum absolute atomic E-state index is 12.5. The van der Waals surface area contributed by atoms with E-state index < -0.39 is 18.1 Å². The Kier molecular flexibility index (Phi) is 7.49. The van der Waals surface area contributed by atoms with Crippen LogP contribution in [0.15, 0.2) is 48.5 Å². The normalized spacial score (nSPS) is 16.7. The third-order valence-corrected chi connectivity index (χ3v) is 5.53. The number of aliphatic hydroxyl groups is 1. The lowest BCUT2D eigenvalue weighted by atomic mass is 9.84. The van der Waals surface area contributed by atoms with Crippen LogP contribution in [0.5, 0.6) is 5.75 Å². The van der Waals surface area contributed by atoms with E-state index in [0.29, 0.717) is 23.8 Å². The number of nitrogens with one attached hydrogen (secondary N) is 2. The van der Waals surface area contributed by atoms with Gasteiger partial charge in [-0.25, -0.2) is 0 Å². The van der Waals surface area contributed by atoms with E-state index in [1.807, 2.05) is 36.4 Å². The Balaban J connectivity index is 1.61. The molecule has 1 aliphatic rings. The van der Waals surface area contributed by atoms with E-state index in [2.05, 4.69) is 10.6 Å². The van der Waals surface area contributed by atoms with Crippen LogP contribution >= 0.6 is 0 Å². The molecule has 1 fully saturated rings. The molecule has 0 radical (unpaired) electrons. The molecular weight excluding hydrogens is 366 g/mol. The van der Waals surface area contributed by atoms with Crippen molar-refractivity contribution in [2.24, 2.45) is 11.7 Å². The van der Waals surface area contributed by atoms with Crippen molar-refractivity contribution in [3.63, 3.8) is 0 Å². The van der Waals surface area contributed by atoms with E-state index in [9.17, 15) is 9.90 Å². The predicted molar refractivity (Wildman–Crippen MR) is 117 cm³/mol. The fraction of sp³-hybridized carbons (Fsp3) is 0.435. The van der Waals surface area contributed by atoms with E-state index in [-0.39, 0.29) is 0 Å². The van der Waals surface area contributed by atoms with Crippen LogP contribution in [0.25, 0.3) is 0 Å². The second-order valence-electron chi connectivity index (χ2n) is 7.74. The zero-order chi connectivity index (χ0) is 20.6. The number of hydrogen-bond donors (Lipinski definition) is 4. The van der Waals surface area contributed by atoms with Gasteiger partial charge in [0.2, 0.25) is 0 Å². The first-order valence-corrected chi connectivity index (χ1v) is 10.3. The van der Waals surface area contributed by atoms with Crippen molar-refractivity contribution in [1.29, 1.82) is 0 Å². The first kappa shape index (κ1) is 21.1. The highest BCUT2D eigenvalue weighted by atomic mass is 16.5. The molecule has 5 N–H and O–H groups in total. The SMILES string of the molecule is COc1cc(Nc2ccccc2)ccc1NC(=O)C(O)[C@H](N)CC1CCCCC1. The molecular formula is C23H31N3O3. The lowest BCUT2D eigenvalue weighted by Crippen LogP contribution is -2.44. The van der Waals surface area contributed by atoms with Crippen LogP contribution in [0, 0.1) is 5.92 Å². The third-order valence-electron chi connectivity index (χ3n) is 5.53. The Morgan fingerprint density at radius 3 is 2.55 bits per heavy atom. The highest BCUT2D eigenvalue weighted by Gasteiger charge is 2.27. The van der Waals surface area contributed by atoms with Gasteiger partial charge < -0.3 is 26.2 Å². The number of methoxy groups -OCH3 is 1. The average Bonchev–Trinajstić information content (AvgIpc) is 2.75. The molecule has 2 atom stereocenters. The Morgan fingerprint density at radius 1 is 1.14 bits per heavy atom. The van der Waals surface area contributed by atoms with Crippen LogP contribution in [0.1, 0.15) is 38.5 Å². The maximum atomic E-state index is 12.5. The molecule has 0 heterocycles. The molecule has 0 saturated heterocycles. The molecule has 29 heavy (non-hydrogen) atoms. The van der Waals surface area contributed by atoms with Crippen molar-refractivity contribution < 1.29 is 14.6 Å². The lowest BCUT2D eigenvalue weighted by molar-refractivity contribution is -0.125. The summed E-state index contributed by atoms with van der Waals surface area (Å²) in [5, 5.41) is 16.4. The van der Waals surface area contributed by atoms with Gasteiger partial charge in [-0.3, -0.25) is 4.79 Å². The molecule has 6 heteroatoms. The second kappa shape index (κ2) is 10.3. The molecule has 2 aromatic carbocycles. The molecule has 1 aliphatic carbocycles. The summed E-state index contributed by atoms with van der Waals surface area (Å²) in [5.41, 5.74) is 8.42. The van der Waals surface area contributed by atoms with E-state index in [1.54, 1.807) is 19.2 Å². The summed E-state index contributed by atoms with van der Waals surface area (Å²) in [4.78, 5) is 12.5. The highest BCUT2D eigenvalue weighted by Crippen LogP contribution is 2.30. The van der Waals surface area contributed by atoms with E-state index in [1.165, 1.54) is 19.3 Å². The van der Waals surface area contributed by atoms with Crippen molar-refractivity contribution in [2.45, 2.75) is 50.7 Å². The summed E-state index contributed by atoms with van der Waals surface area (Å²) in [6.45, 7) is 0. The smallest absolute Gasteiger partial charge is 0.254 e. The number of ether oxygens (including phenoxy) is 1. The Bertz CT molecular complexity index is 791. The van der Waals surface area contributed by atoms with Crippen molar-refractivity contribution in [2.75, 3.05) is 17.7 Å². The van der Waals surface area contributed by atoms with Crippen molar-refractivity contribution in [1.82, 2.24) is 0 Å². The van der Waals surface area contributed by atoms with Gasteiger partial charge >= 0.3 is 0 Å². The topological polar surface area (TPSA) is 96.6 Å². The van der Waals surface area contributed by atoms with Crippen LogP contribution < -0.4 is 21.1 Å². The van der Waals surface area contributed by atoms with Crippen LogP contribution in [0.4, 0.5) is 17.1 Å². The van der Waals surface area contributed by atoms with Gasteiger partial charge in [-0.05, 0) is 36.6 Å². The molecule has 3 rings (SSSR count). The van der Waals surface area contributed by atoms with Crippen molar-refractivity contribution in [3.05, 3.63) is 48.5 Å². The molecule has 6 nitrogen and oxygen atoms in total. The van der Waals surface area contributed by atoms with Gasteiger partial charge in [-0.15, -0.1) is 0 Å². The summed E-state index contributed by atoms with van der Waals surface area (Å²) >= 11 is 0. The highest BCUT2D eigenvalue weighted by molar-refractivity contribution is 5.96. The molecule has 156 valence electrons. The zero-order valence-corrected chi connectivity index (χ0v) is 16.9. The molecule has 1 unspecified atom stereocenters. The standard InChI is InChI=1S/C23H31N3O3/c1-29-21-15-18(25-17-10-6-3-7-11-17)12-13-20(21)26-23(28)22(27)19(24)14-16-8-4-2-5-9-16/h3,6-7,10-13,15-16,19,22,25,27H,2,4-5,8-9,14,24H2,1H3,(H,26,28)/t19-,22?/m1/s1. The van der Waals surface area contributed by atoms with Crippen LogP contribution in [0.3, 0.4) is 0 Å². The second-order valence-corrected chi connectivity index (χ2v) is 7.74. The minimum absolute atomic E-state index is 0.499. The predicted octanol–water partition coefficient (Wildman–Crippen LogP) is 4.04. The lowest BCUT2D eigenvalue weighted by Gasteiger charge is -2.26. The maximum Gasteiger partial charge on any atom is 0.254 e. The Morgan fingerprint density at radius 2 is 1.86 bits per heavy atom. The number of hydrogen-bond acceptors (Lipinski definition) is 5. The molecule has 0 spiro atoms. The number of anilines is 3. The van der Waals surface area contributed by atoms with E-state index in [0.717, 1.165) is 24.2 Å². The van der Waals surface area contributed by atoms with Crippen molar-refractivity contribution >= 4 is 23.0 Å². The van der Waals surface area contributed by atoms with Gasteiger partial charge in [0.05, 0.1) is 12.8 Å². The number of rotatable bonds is 8. The first-order chi connectivity index (χ1) is 14.1. The van der Waals surface area contributed by atoms with E-state index >= 15 is 0 Å². The van der Waals surface area contributed by atoms with Gasteiger partial charge in [0.15, 0.2) is 0 Å². The summed E-state index contributed by atoms with van der Waals surface area (Å²) in [6.07, 6.45) is 5.37. The fourth-order valence-electron chi connectivity index (χ4n) is 3.90. The number of benzene rings is 2. The van der Waals surface area contributed by atoms with Gasteiger partial charge in [0.1, 0.15) is 11.9 Å². The fourth-order valence-corrected chi connectivity index (χ4v) is 3.90. The summed E-state index contributed by atoms with van der Waals surface area (Å²) < 4.78 is 5.42. The van der Waals surface area contributed by atoms with Crippen LogP contribution in [0.2, 0.25) is 0 Å². The Hall–Kier alpha value is -2.57. The number of carbonyl (C=O) groups excluding carboxylic acids is 1. The Labute approximate surface area is 172 Å². The van der Waals surface area contributed by atoms with Crippen LogP contribution in [-0.2, 0) is 4.79 Å². The summed E-state index contributed by atoms with van der Waals surface area (Å²) in [5.74, 6) is 0.502. The van der Waals surface area contributed by atoms with Gasteiger partial charge in [-0.1, -0.05) is 50.3 Å². The number of amides is 1. The minimum atomic E-state index is -1.25. The number of para-hydroxylation sites is 1. The molecule has 1 amide bonds. The van der Waals surface area contributed by atoms with Gasteiger partial charge in [-0.2, -0.15) is 0 Å². The zero-order valence-electron chi connectivity index (χ0n) is 16.9. The third kappa shape index (κ3) is 5.95. The molecule has 0 aliphatic heterocycles. The summed E-state index contributed by atoms with van der Waals surface area (Å²) in [7, 11) is 1.54. The number of carbonyl (C=O) groups is 1. The molecule has 1 saturated carbocycles. The van der Waals surface area contributed by atoms with Gasteiger partial charge in [0.25, 0.3) is 5.91 Å². The number of aliphatic hydroxyl groups excluding tert-OH is 1. The van der Waals surface area contributed by atoms with Crippen molar-refractivity contribution in [3.8, 4) is 5.75 Å². The molecule has 0 aromatic heterocycles. The monoisotopic (exact) mass is 397 g/mol. The quantitative estimate of drug-likeness (QED) is 0.539. The minimum Gasteiger partial charge on any atom is -0.494 e. The number of nitrogens with two attached hydrogens (primary N) is 1. The van der Waals surface area contributed by atoms with E-state index in [4.69, 9.17) is 10.5 Å². The summed E-state index contributed by atoms with van der Waals surface area (Å²) in [6, 6.07) is 14.6. The average molecular weight is 398 g/mol. The molecule has 0 bridgehead atoms. The van der Waals surface area contributed by atoms with Crippen LogP contribution in [-0.4, -0.2) is 30.3 Å². The first-order valence-electron chi connectivity index (χ1n) is 10.3. The largest absolute Gasteiger partial charge is 0.494 e.